The molecule has 1 amide bonds. The molecule has 0 saturated heterocycles. The van der Waals surface area contributed by atoms with Gasteiger partial charge in [0, 0.05) is 25.5 Å². The first-order valence-electron chi connectivity index (χ1n) is 10.8. The zero-order chi connectivity index (χ0) is 22.8. The molecule has 0 fully saturated rings. The number of nitrogens with zero attached hydrogens (tertiary/aromatic N) is 4. The summed E-state index contributed by atoms with van der Waals surface area (Å²) in [6, 6.07) is 23.5. The lowest BCUT2D eigenvalue weighted by atomic mass is 10.1. The van der Waals surface area contributed by atoms with Crippen LogP contribution in [0.15, 0.2) is 83.9 Å². The topological polar surface area (TPSA) is 81.8 Å². The van der Waals surface area contributed by atoms with Gasteiger partial charge in [-0.15, -0.1) is 0 Å². The molecular weight excluding hydrogens is 414 g/mol. The van der Waals surface area contributed by atoms with Gasteiger partial charge in [0.1, 0.15) is 0 Å². The highest BCUT2D eigenvalue weighted by molar-refractivity contribution is 5.88. The molecule has 0 radical (unpaired) electrons. The number of imidazole rings is 1. The molecule has 7 nitrogen and oxygen atoms in total. The molecule has 2 aromatic heterocycles. The van der Waals surface area contributed by atoms with E-state index in [2.05, 4.69) is 38.2 Å². The third kappa shape index (κ3) is 4.25. The lowest BCUT2D eigenvalue weighted by Gasteiger charge is -2.10. The van der Waals surface area contributed by atoms with Crippen LogP contribution in [0.4, 0.5) is 0 Å². The first-order valence-corrected chi connectivity index (χ1v) is 10.8. The molecule has 164 valence electrons. The zero-order valence-electron chi connectivity index (χ0n) is 18.2. The van der Waals surface area contributed by atoms with Crippen molar-refractivity contribution in [1.29, 1.82) is 0 Å². The Labute approximate surface area is 190 Å². The van der Waals surface area contributed by atoms with Crippen LogP contribution in [0.25, 0.3) is 21.8 Å². The van der Waals surface area contributed by atoms with Gasteiger partial charge in [-0.2, -0.15) is 5.10 Å². The SMILES string of the molecule is Cn1nc(CC(=O)NCc2ccc(Cn3cnc4ccccc43)cc2)c2ccccc2c1=O. The average Bonchev–Trinajstić information content (AvgIpc) is 3.25. The van der Waals surface area contributed by atoms with Crippen LogP contribution in [0, 0.1) is 0 Å². The standard InChI is InChI=1S/C26H23N5O2/c1-30-26(33)21-7-3-2-6-20(21)23(29-30)14-25(32)27-15-18-10-12-19(13-11-18)16-31-17-28-22-8-4-5-9-24(22)31/h2-13,17H,14-16H2,1H3,(H,27,32). The Morgan fingerprint density at radius 2 is 1.61 bits per heavy atom. The summed E-state index contributed by atoms with van der Waals surface area (Å²) in [6.07, 6.45) is 1.97. The van der Waals surface area contributed by atoms with Crippen molar-refractivity contribution in [3.63, 3.8) is 0 Å². The van der Waals surface area contributed by atoms with Crippen molar-refractivity contribution in [2.45, 2.75) is 19.5 Å². The maximum Gasteiger partial charge on any atom is 0.274 e. The van der Waals surface area contributed by atoms with Gasteiger partial charge in [0.15, 0.2) is 0 Å². The molecule has 0 aliphatic rings. The molecule has 0 spiro atoms. The molecule has 0 aliphatic heterocycles. The summed E-state index contributed by atoms with van der Waals surface area (Å²) in [5.74, 6) is -0.139. The molecule has 1 N–H and O–H groups in total. The summed E-state index contributed by atoms with van der Waals surface area (Å²) in [6.45, 7) is 1.16. The highest BCUT2D eigenvalue weighted by Crippen LogP contribution is 2.15. The van der Waals surface area contributed by atoms with Crippen LogP contribution in [0.3, 0.4) is 0 Å². The fourth-order valence-electron chi connectivity index (χ4n) is 4.02. The van der Waals surface area contributed by atoms with Crippen molar-refractivity contribution in [1.82, 2.24) is 24.6 Å². The first kappa shape index (κ1) is 20.6. The summed E-state index contributed by atoms with van der Waals surface area (Å²) in [4.78, 5) is 29.3. The van der Waals surface area contributed by atoms with Crippen molar-refractivity contribution in [3.8, 4) is 0 Å². The predicted molar refractivity (Wildman–Crippen MR) is 128 cm³/mol. The Hall–Kier alpha value is -4.26. The minimum atomic E-state index is -0.168. The number of para-hydroxylation sites is 2. The monoisotopic (exact) mass is 437 g/mol. The third-order valence-corrected chi connectivity index (χ3v) is 5.75. The van der Waals surface area contributed by atoms with Gasteiger partial charge >= 0.3 is 0 Å². The highest BCUT2D eigenvalue weighted by Gasteiger charge is 2.12. The molecule has 3 aromatic carbocycles. The quantitative estimate of drug-likeness (QED) is 0.442. The fraction of sp³-hybridized carbons (Fsp3) is 0.154. The van der Waals surface area contributed by atoms with Crippen molar-refractivity contribution in [2.75, 3.05) is 0 Å². The number of rotatable bonds is 6. The molecule has 7 heteroatoms. The number of carbonyl (C=O) groups is 1. The second-order valence-corrected chi connectivity index (χ2v) is 8.05. The van der Waals surface area contributed by atoms with Gasteiger partial charge in [-0.25, -0.2) is 9.67 Å². The molecule has 5 aromatic rings. The van der Waals surface area contributed by atoms with Gasteiger partial charge in [-0.3, -0.25) is 9.59 Å². The number of hydrogen-bond donors (Lipinski definition) is 1. The minimum Gasteiger partial charge on any atom is -0.352 e. The lowest BCUT2D eigenvalue weighted by molar-refractivity contribution is -0.120. The van der Waals surface area contributed by atoms with Crippen LogP contribution >= 0.6 is 0 Å². The Balaban J connectivity index is 1.23. The summed E-state index contributed by atoms with van der Waals surface area (Å²) < 4.78 is 3.41. The number of fused-ring (bicyclic) bond motifs is 2. The minimum absolute atomic E-state index is 0.112. The number of benzene rings is 3. The maximum atomic E-state index is 12.6. The van der Waals surface area contributed by atoms with E-state index in [-0.39, 0.29) is 17.9 Å². The van der Waals surface area contributed by atoms with Gasteiger partial charge < -0.3 is 9.88 Å². The lowest BCUT2D eigenvalue weighted by Crippen LogP contribution is -2.27. The average molecular weight is 438 g/mol. The Bertz CT molecular complexity index is 1520. The van der Waals surface area contributed by atoms with E-state index in [1.165, 1.54) is 4.68 Å². The molecule has 0 atom stereocenters. The van der Waals surface area contributed by atoms with E-state index in [1.54, 1.807) is 13.1 Å². The van der Waals surface area contributed by atoms with E-state index < -0.39 is 0 Å². The number of carbonyl (C=O) groups excluding carboxylic acids is 1. The molecule has 0 bridgehead atoms. The van der Waals surface area contributed by atoms with E-state index in [4.69, 9.17) is 0 Å². The zero-order valence-corrected chi connectivity index (χ0v) is 18.2. The predicted octanol–water partition coefficient (Wildman–Crippen LogP) is 3.19. The van der Waals surface area contributed by atoms with Crippen molar-refractivity contribution in [3.05, 3.63) is 106 Å². The highest BCUT2D eigenvalue weighted by atomic mass is 16.1. The van der Waals surface area contributed by atoms with Crippen LogP contribution in [0.5, 0.6) is 0 Å². The number of aryl methyl sites for hydroxylation is 1. The Morgan fingerprint density at radius 3 is 2.42 bits per heavy atom. The summed E-state index contributed by atoms with van der Waals surface area (Å²) in [7, 11) is 1.60. The summed E-state index contributed by atoms with van der Waals surface area (Å²) >= 11 is 0. The second-order valence-electron chi connectivity index (χ2n) is 8.05. The van der Waals surface area contributed by atoms with E-state index >= 15 is 0 Å². The molecule has 0 unspecified atom stereocenters. The van der Waals surface area contributed by atoms with Crippen molar-refractivity contribution >= 4 is 27.7 Å². The normalized spacial score (nSPS) is 11.2. The molecule has 5 rings (SSSR count). The number of amides is 1. The van der Waals surface area contributed by atoms with Crippen LogP contribution < -0.4 is 10.9 Å². The van der Waals surface area contributed by atoms with Crippen LogP contribution in [0.1, 0.15) is 16.8 Å². The summed E-state index contributed by atoms with van der Waals surface area (Å²) in [5, 5.41) is 8.54. The van der Waals surface area contributed by atoms with Gasteiger partial charge in [-0.05, 0) is 29.3 Å². The Kier molecular flexibility index (Phi) is 5.44. The number of nitrogens with one attached hydrogen (secondary N) is 1. The maximum absolute atomic E-state index is 12.6. The van der Waals surface area contributed by atoms with Gasteiger partial charge in [0.25, 0.3) is 5.56 Å². The first-order chi connectivity index (χ1) is 16.1. The van der Waals surface area contributed by atoms with E-state index in [9.17, 15) is 9.59 Å². The van der Waals surface area contributed by atoms with E-state index in [0.717, 1.165) is 28.7 Å². The second kappa shape index (κ2) is 8.70. The van der Waals surface area contributed by atoms with Gasteiger partial charge in [0.2, 0.25) is 5.91 Å². The molecular formula is C26H23N5O2. The third-order valence-electron chi connectivity index (χ3n) is 5.75. The largest absolute Gasteiger partial charge is 0.352 e. The summed E-state index contributed by atoms with van der Waals surface area (Å²) in [5.41, 5.74) is 4.69. The smallest absolute Gasteiger partial charge is 0.274 e. The van der Waals surface area contributed by atoms with Crippen LogP contribution in [-0.2, 0) is 31.4 Å². The van der Waals surface area contributed by atoms with E-state index in [1.807, 2.05) is 54.9 Å². The molecule has 0 aliphatic carbocycles. The molecule has 0 saturated carbocycles. The number of hydrogen-bond acceptors (Lipinski definition) is 4. The van der Waals surface area contributed by atoms with Crippen molar-refractivity contribution in [2.24, 2.45) is 7.05 Å². The van der Waals surface area contributed by atoms with Gasteiger partial charge in [0.05, 0.1) is 34.9 Å². The van der Waals surface area contributed by atoms with Crippen LogP contribution in [0.2, 0.25) is 0 Å². The fourth-order valence-corrected chi connectivity index (χ4v) is 4.02. The molecule has 2 heterocycles. The van der Waals surface area contributed by atoms with Crippen molar-refractivity contribution < 1.29 is 4.79 Å². The van der Waals surface area contributed by atoms with Crippen LogP contribution in [-0.4, -0.2) is 25.2 Å². The molecule has 33 heavy (non-hydrogen) atoms. The Morgan fingerprint density at radius 1 is 0.909 bits per heavy atom. The van der Waals surface area contributed by atoms with Gasteiger partial charge in [-0.1, -0.05) is 54.6 Å². The number of aromatic nitrogens is 4. The van der Waals surface area contributed by atoms with E-state index in [0.29, 0.717) is 23.0 Å².